The van der Waals surface area contributed by atoms with Gasteiger partial charge in [-0.1, -0.05) is 18.2 Å². The number of pyridine rings is 1. The lowest BCUT2D eigenvalue weighted by molar-refractivity contribution is -0.118. The van der Waals surface area contributed by atoms with Crippen molar-refractivity contribution >= 4 is 34.3 Å². The molecular weight excluding hydrogens is 364 g/mol. The summed E-state index contributed by atoms with van der Waals surface area (Å²) in [6, 6.07) is 12.5. The predicted octanol–water partition coefficient (Wildman–Crippen LogP) is 1.90. The fraction of sp³-hybridized carbons (Fsp3) is 0.100. The van der Waals surface area contributed by atoms with E-state index in [2.05, 4.69) is 10.3 Å². The Balaban J connectivity index is 1.51. The van der Waals surface area contributed by atoms with Gasteiger partial charge in [0.1, 0.15) is 5.75 Å². The first-order chi connectivity index (χ1) is 13.5. The number of para-hydroxylation sites is 1. The standard InChI is InChI=1S/C20H14N2O6/c23-16(11-5-6-17-15(7-11)22-19(25)10-27-17)9-28-20(26)13-8-18(24)21-14-4-2-1-3-12(13)14/h1-8H,9-10H2,(H,21,24)(H,22,25). The fourth-order valence-corrected chi connectivity index (χ4v) is 2.92. The lowest BCUT2D eigenvalue weighted by Crippen LogP contribution is -2.25. The zero-order chi connectivity index (χ0) is 19.7. The molecule has 8 heteroatoms. The summed E-state index contributed by atoms with van der Waals surface area (Å²) < 4.78 is 10.4. The summed E-state index contributed by atoms with van der Waals surface area (Å²) in [6.45, 7) is -0.588. The summed E-state index contributed by atoms with van der Waals surface area (Å²) in [5.41, 5.74) is 0.779. The molecule has 2 aromatic carbocycles. The molecule has 0 spiro atoms. The van der Waals surface area contributed by atoms with E-state index >= 15 is 0 Å². The van der Waals surface area contributed by atoms with E-state index in [4.69, 9.17) is 9.47 Å². The van der Waals surface area contributed by atoms with E-state index in [-0.39, 0.29) is 23.6 Å². The molecule has 2 heterocycles. The van der Waals surface area contributed by atoms with Crippen molar-refractivity contribution in [3.05, 3.63) is 70.0 Å². The van der Waals surface area contributed by atoms with E-state index in [1.165, 1.54) is 12.1 Å². The van der Waals surface area contributed by atoms with Crippen LogP contribution in [0.2, 0.25) is 0 Å². The van der Waals surface area contributed by atoms with Gasteiger partial charge < -0.3 is 19.8 Å². The second kappa shape index (κ2) is 6.99. The number of amides is 1. The molecule has 140 valence electrons. The Hall–Kier alpha value is -3.94. The van der Waals surface area contributed by atoms with Crippen LogP contribution >= 0.6 is 0 Å². The first kappa shape index (κ1) is 17.5. The van der Waals surface area contributed by atoms with Crippen LogP contribution in [0, 0.1) is 0 Å². The number of esters is 1. The molecule has 0 aliphatic carbocycles. The highest BCUT2D eigenvalue weighted by molar-refractivity contribution is 6.05. The van der Waals surface area contributed by atoms with Crippen LogP contribution in [0.3, 0.4) is 0 Å². The van der Waals surface area contributed by atoms with Gasteiger partial charge in [-0.05, 0) is 24.3 Å². The first-order valence-electron chi connectivity index (χ1n) is 8.40. The summed E-state index contributed by atoms with van der Waals surface area (Å²) in [5.74, 6) is -1.08. The molecule has 2 N–H and O–H groups in total. The normalized spacial score (nSPS) is 12.6. The largest absolute Gasteiger partial charge is 0.482 e. The van der Waals surface area contributed by atoms with E-state index in [1.807, 2.05) is 0 Å². The van der Waals surface area contributed by atoms with Crippen molar-refractivity contribution in [2.75, 3.05) is 18.5 Å². The molecule has 28 heavy (non-hydrogen) atoms. The van der Waals surface area contributed by atoms with E-state index in [0.717, 1.165) is 6.07 Å². The lowest BCUT2D eigenvalue weighted by atomic mass is 10.1. The number of rotatable bonds is 4. The molecule has 1 aliphatic heterocycles. The Morgan fingerprint density at radius 1 is 1.07 bits per heavy atom. The Kier molecular flexibility index (Phi) is 4.36. The predicted molar refractivity (Wildman–Crippen MR) is 99.7 cm³/mol. The third-order valence-electron chi connectivity index (χ3n) is 4.24. The van der Waals surface area contributed by atoms with Gasteiger partial charge in [0.2, 0.25) is 5.56 Å². The molecule has 3 aromatic rings. The zero-order valence-corrected chi connectivity index (χ0v) is 14.5. The number of carbonyl (C=O) groups excluding carboxylic acids is 3. The molecule has 0 unspecified atom stereocenters. The summed E-state index contributed by atoms with van der Waals surface area (Å²) in [6.07, 6.45) is 0. The van der Waals surface area contributed by atoms with Crippen molar-refractivity contribution in [2.45, 2.75) is 0 Å². The van der Waals surface area contributed by atoms with Crippen molar-refractivity contribution in [3.63, 3.8) is 0 Å². The van der Waals surface area contributed by atoms with E-state index in [0.29, 0.717) is 22.3 Å². The number of benzene rings is 2. The van der Waals surface area contributed by atoms with Crippen molar-refractivity contribution < 1.29 is 23.9 Å². The molecule has 0 saturated heterocycles. The van der Waals surface area contributed by atoms with Crippen LogP contribution in [0.15, 0.2) is 53.3 Å². The van der Waals surface area contributed by atoms with Gasteiger partial charge in [-0.2, -0.15) is 0 Å². The van der Waals surface area contributed by atoms with Crippen LogP contribution < -0.4 is 15.6 Å². The maximum atomic E-state index is 12.4. The average Bonchev–Trinajstić information content (AvgIpc) is 2.70. The molecule has 0 saturated carbocycles. The highest BCUT2D eigenvalue weighted by Gasteiger charge is 2.19. The second-order valence-electron chi connectivity index (χ2n) is 6.14. The van der Waals surface area contributed by atoms with Crippen LogP contribution in [-0.4, -0.2) is 35.9 Å². The van der Waals surface area contributed by atoms with Gasteiger partial charge in [0.25, 0.3) is 5.91 Å². The Bertz CT molecular complexity index is 1180. The topological polar surface area (TPSA) is 115 Å². The Morgan fingerprint density at radius 2 is 1.89 bits per heavy atom. The average molecular weight is 378 g/mol. The molecule has 4 rings (SSSR count). The Morgan fingerprint density at radius 3 is 2.75 bits per heavy atom. The third-order valence-corrected chi connectivity index (χ3v) is 4.24. The second-order valence-corrected chi connectivity index (χ2v) is 6.14. The lowest BCUT2D eigenvalue weighted by Gasteiger charge is -2.18. The highest BCUT2D eigenvalue weighted by atomic mass is 16.5. The van der Waals surface area contributed by atoms with Crippen molar-refractivity contribution in [1.29, 1.82) is 0 Å². The number of carbonyl (C=O) groups is 3. The smallest absolute Gasteiger partial charge is 0.339 e. The number of ether oxygens (including phenoxy) is 2. The number of Topliss-reactive ketones (excluding diaryl/α,β-unsaturated/α-hetero) is 1. The number of aromatic nitrogens is 1. The van der Waals surface area contributed by atoms with Crippen molar-refractivity contribution in [3.8, 4) is 5.75 Å². The summed E-state index contributed by atoms with van der Waals surface area (Å²) >= 11 is 0. The number of anilines is 1. The molecule has 1 aliphatic rings. The third kappa shape index (κ3) is 3.35. The number of nitrogens with one attached hydrogen (secondary N) is 2. The van der Waals surface area contributed by atoms with Gasteiger partial charge in [-0.25, -0.2) is 4.79 Å². The van der Waals surface area contributed by atoms with Gasteiger partial charge >= 0.3 is 5.97 Å². The number of ketones is 1. The van der Waals surface area contributed by atoms with E-state index in [1.54, 1.807) is 30.3 Å². The van der Waals surface area contributed by atoms with Gasteiger partial charge in [-0.3, -0.25) is 14.4 Å². The minimum atomic E-state index is -0.773. The quantitative estimate of drug-likeness (QED) is 0.529. The van der Waals surface area contributed by atoms with Crippen LogP contribution in [0.4, 0.5) is 5.69 Å². The number of H-pyrrole nitrogens is 1. The van der Waals surface area contributed by atoms with E-state index < -0.39 is 23.9 Å². The molecule has 8 nitrogen and oxygen atoms in total. The Labute approximate surface area is 158 Å². The van der Waals surface area contributed by atoms with Gasteiger partial charge in [-0.15, -0.1) is 0 Å². The van der Waals surface area contributed by atoms with Crippen molar-refractivity contribution in [2.24, 2.45) is 0 Å². The van der Waals surface area contributed by atoms with Gasteiger partial charge in [0.05, 0.1) is 11.3 Å². The van der Waals surface area contributed by atoms with Crippen molar-refractivity contribution in [1.82, 2.24) is 4.98 Å². The molecule has 0 bridgehead atoms. The summed E-state index contributed by atoms with van der Waals surface area (Å²) in [7, 11) is 0. The fourth-order valence-electron chi connectivity index (χ4n) is 2.92. The maximum absolute atomic E-state index is 12.4. The SMILES string of the molecule is O=C1COc2ccc(C(=O)COC(=O)c3cc(=O)[nH]c4ccccc34)cc2N1. The number of hydrogen-bond acceptors (Lipinski definition) is 6. The molecule has 1 amide bonds. The monoisotopic (exact) mass is 378 g/mol. The molecule has 0 fully saturated rings. The minimum absolute atomic E-state index is 0.0813. The molecule has 0 atom stereocenters. The number of fused-ring (bicyclic) bond motifs is 2. The van der Waals surface area contributed by atoms with Crippen LogP contribution in [0.1, 0.15) is 20.7 Å². The zero-order valence-electron chi connectivity index (χ0n) is 14.5. The van der Waals surface area contributed by atoms with Crippen LogP contribution in [-0.2, 0) is 9.53 Å². The van der Waals surface area contributed by atoms with Gasteiger partial charge in [0, 0.05) is 22.5 Å². The number of hydrogen-bond donors (Lipinski definition) is 2. The first-order valence-corrected chi connectivity index (χ1v) is 8.40. The van der Waals surface area contributed by atoms with E-state index in [9.17, 15) is 19.2 Å². The maximum Gasteiger partial charge on any atom is 0.339 e. The molecular formula is C20H14N2O6. The van der Waals surface area contributed by atoms with Gasteiger partial charge in [0.15, 0.2) is 19.0 Å². The minimum Gasteiger partial charge on any atom is -0.482 e. The molecule has 0 radical (unpaired) electrons. The number of aromatic amines is 1. The van der Waals surface area contributed by atoms with Crippen LogP contribution in [0.25, 0.3) is 10.9 Å². The van der Waals surface area contributed by atoms with Crippen LogP contribution in [0.5, 0.6) is 5.75 Å². The molecule has 1 aromatic heterocycles. The summed E-state index contributed by atoms with van der Waals surface area (Å²) in [4.78, 5) is 50.6. The highest BCUT2D eigenvalue weighted by Crippen LogP contribution is 2.28. The summed E-state index contributed by atoms with van der Waals surface area (Å²) in [5, 5.41) is 3.13.